The Hall–Kier alpha value is -2.06. The normalized spacial score (nSPS) is 10.9. The Morgan fingerprint density at radius 2 is 2.05 bits per heavy atom. The molecule has 0 aromatic carbocycles. The number of nitrogens with zero attached hydrogens (tertiary/aromatic N) is 3. The van der Waals surface area contributed by atoms with E-state index in [-0.39, 0.29) is 11.4 Å². The van der Waals surface area contributed by atoms with Crippen LogP contribution in [-0.4, -0.2) is 47.4 Å². The molecule has 0 saturated heterocycles. The molecular weight excluding hydrogens is 258 g/mol. The number of esters is 1. The first kappa shape index (κ1) is 16.9. The quantitative estimate of drug-likeness (QED) is 0.157. The van der Waals surface area contributed by atoms with E-state index in [1.54, 1.807) is 0 Å². The average Bonchev–Trinajstić information content (AvgIpc) is 2.33. The highest BCUT2D eigenvalue weighted by Crippen LogP contribution is 2.01. The molecule has 0 unspecified atom stereocenters. The Morgan fingerprint density at radius 1 is 1.37 bits per heavy atom. The number of carbonyl (C=O) groups excluding carboxylic acids is 1. The first-order valence-electron chi connectivity index (χ1n) is 5.80. The number of carbonyl (C=O) groups is 2. The summed E-state index contributed by atoms with van der Waals surface area (Å²) in [4.78, 5) is 25.3. The van der Waals surface area contributed by atoms with E-state index in [2.05, 4.69) is 14.9 Å². The molecule has 0 aliphatic rings. The number of ether oxygens (including phenoxy) is 1. The molecular formula is C10H19N3O6. The molecule has 0 spiro atoms. The monoisotopic (exact) mass is 277 g/mol. The molecule has 0 fully saturated rings. The third kappa shape index (κ3) is 10.8. The third-order valence-corrected chi connectivity index (χ3v) is 2.11. The lowest BCUT2D eigenvalue weighted by Crippen LogP contribution is -2.27. The van der Waals surface area contributed by atoms with Gasteiger partial charge < -0.3 is 19.9 Å². The Morgan fingerprint density at radius 3 is 2.63 bits per heavy atom. The van der Waals surface area contributed by atoms with E-state index in [1.807, 2.05) is 0 Å². The Labute approximate surface area is 110 Å². The molecule has 1 N–H and O–H groups in total. The fraction of sp³-hybridized carbons (Fsp3) is 0.800. The number of hydrazine groups is 1. The predicted molar refractivity (Wildman–Crippen MR) is 62.5 cm³/mol. The zero-order valence-electron chi connectivity index (χ0n) is 11.1. The molecule has 0 amide bonds. The van der Waals surface area contributed by atoms with Crippen LogP contribution in [0.2, 0.25) is 0 Å². The second-order valence-electron chi connectivity index (χ2n) is 3.80. The van der Waals surface area contributed by atoms with Gasteiger partial charge in [-0.3, -0.25) is 9.59 Å². The van der Waals surface area contributed by atoms with Gasteiger partial charge in [-0.2, -0.15) is 0 Å². The Bertz CT molecular complexity index is 320. The second-order valence-corrected chi connectivity index (χ2v) is 3.80. The second kappa shape index (κ2) is 9.92. The van der Waals surface area contributed by atoms with Gasteiger partial charge >= 0.3 is 11.9 Å². The molecule has 9 heteroatoms. The molecule has 0 heterocycles. The Kier molecular flexibility index (Phi) is 8.84. The number of unbranched alkanes of at least 4 members (excludes halogenated alkanes) is 2. The van der Waals surface area contributed by atoms with E-state index in [0.717, 1.165) is 0 Å². The lowest BCUT2D eigenvalue weighted by molar-refractivity contribution is -0.706. The number of aliphatic carboxylic acids is 1. The number of carboxylic acids is 1. The van der Waals surface area contributed by atoms with Gasteiger partial charge in [0.25, 0.3) is 6.79 Å². The van der Waals surface area contributed by atoms with Gasteiger partial charge in [-0.1, -0.05) is 6.42 Å². The summed E-state index contributed by atoms with van der Waals surface area (Å²) in [6.45, 7) is 1.21. The fourth-order valence-electron chi connectivity index (χ4n) is 1.12. The molecule has 0 aliphatic heterocycles. The van der Waals surface area contributed by atoms with Crippen LogP contribution in [0.15, 0.2) is 5.28 Å². The van der Waals surface area contributed by atoms with Crippen LogP contribution in [0.3, 0.4) is 0 Å². The van der Waals surface area contributed by atoms with Crippen molar-refractivity contribution in [2.75, 3.05) is 20.4 Å². The SMILES string of the molecule is CC(=O)OCO/N=[N+](\[O-])N(C)CCCCCC(=O)O. The smallest absolute Gasteiger partial charge is 0.305 e. The summed E-state index contributed by atoms with van der Waals surface area (Å²) >= 11 is 0. The van der Waals surface area contributed by atoms with Gasteiger partial charge in [0.2, 0.25) is 5.28 Å². The lowest BCUT2D eigenvalue weighted by atomic mass is 10.2. The van der Waals surface area contributed by atoms with Crippen molar-refractivity contribution in [2.24, 2.45) is 5.28 Å². The van der Waals surface area contributed by atoms with Crippen LogP contribution in [-0.2, 0) is 19.2 Å². The molecule has 110 valence electrons. The maximum absolute atomic E-state index is 11.3. The van der Waals surface area contributed by atoms with Crippen LogP contribution in [0.4, 0.5) is 0 Å². The lowest BCUT2D eigenvalue weighted by Gasteiger charge is -2.12. The van der Waals surface area contributed by atoms with Crippen molar-refractivity contribution in [3.8, 4) is 0 Å². The van der Waals surface area contributed by atoms with Gasteiger partial charge in [-0.25, -0.2) is 0 Å². The predicted octanol–water partition coefficient (Wildman–Crippen LogP) is 0.893. The van der Waals surface area contributed by atoms with E-state index in [4.69, 9.17) is 5.11 Å². The van der Waals surface area contributed by atoms with Crippen molar-refractivity contribution in [3.63, 3.8) is 0 Å². The zero-order chi connectivity index (χ0) is 14.7. The van der Waals surface area contributed by atoms with E-state index in [1.165, 1.54) is 19.0 Å². The molecule has 0 bridgehead atoms. The molecule has 0 saturated carbocycles. The minimum Gasteiger partial charge on any atom is -0.569 e. The van der Waals surface area contributed by atoms with Crippen molar-refractivity contribution in [2.45, 2.75) is 32.6 Å². The van der Waals surface area contributed by atoms with Crippen molar-refractivity contribution in [1.82, 2.24) is 5.01 Å². The molecule has 0 rings (SSSR count). The zero-order valence-corrected chi connectivity index (χ0v) is 11.1. The van der Waals surface area contributed by atoms with Gasteiger partial charge in [0.15, 0.2) is 0 Å². The molecule has 19 heavy (non-hydrogen) atoms. The minimum absolute atomic E-state index is 0.126. The number of carboxylic acid groups (broad SMARTS) is 1. The summed E-state index contributed by atoms with van der Waals surface area (Å²) in [6.07, 6.45) is 2.07. The van der Waals surface area contributed by atoms with Gasteiger partial charge in [0.1, 0.15) is 0 Å². The minimum atomic E-state index is -0.826. The van der Waals surface area contributed by atoms with Crippen LogP contribution in [0.5, 0.6) is 0 Å². The van der Waals surface area contributed by atoms with Crippen LogP contribution in [0, 0.1) is 5.21 Å². The highest BCUT2D eigenvalue weighted by atomic mass is 16.8. The highest BCUT2D eigenvalue weighted by molar-refractivity contribution is 5.66. The summed E-state index contributed by atoms with van der Waals surface area (Å²) < 4.78 is 4.41. The van der Waals surface area contributed by atoms with Crippen molar-refractivity contribution in [1.29, 1.82) is 0 Å². The third-order valence-electron chi connectivity index (χ3n) is 2.11. The van der Waals surface area contributed by atoms with Crippen molar-refractivity contribution < 1.29 is 29.2 Å². The van der Waals surface area contributed by atoms with Gasteiger partial charge in [0, 0.05) is 13.3 Å². The summed E-state index contributed by atoms with van der Waals surface area (Å²) in [5.74, 6) is -1.35. The van der Waals surface area contributed by atoms with E-state index in [0.29, 0.717) is 25.8 Å². The average molecular weight is 277 g/mol. The van der Waals surface area contributed by atoms with E-state index in [9.17, 15) is 14.8 Å². The molecule has 9 nitrogen and oxygen atoms in total. The molecule has 0 atom stereocenters. The molecule has 0 radical (unpaired) electrons. The van der Waals surface area contributed by atoms with Crippen molar-refractivity contribution >= 4 is 11.9 Å². The van der Waals surface area contributed by atoms with E-state index < -0.39 is 18.7 Å². The topological polar surface area (TPSA) is 114 Å². The van der Waals surface area contributed by atoms with Crippen LogP contribution < -0.4 is 0 Å². The van der Waals surface area contributed by atoms with Gasteiger partial charge in [-0.15, -0.1) is 5.01 Å². The summed E-state index contributed by atoms with van der Waals surface area (Å²) in [5, 5.41) is 24.1. The highest BCUT2D eigenvalue weighted by Gasteiger charge is 2.06. The van der Waals surface area contributed by atoms with E-state index >= 15 is 0 Å². The van der Waals surface area contributed by atoms with Crippen LogP contribution in [0.1, 0.15) is 32.6 Å². The summed E-state index contributed by atoms with van der Waals surface area (Å²) in [7, 11) is 1.52. The number of rotatable bonds is 10. The first-order chi connectivity index (χ1) is 8.93. The summed E-state index contributed by atoms with van der Waals surface area (Å²) in [6, 6.07) is 0. The standard InChI is InChI=1S/C10H19N3O6/c1-9(14)18-8-19-11-13(17)12(2)7-5-3-4-6-10(15)16/h3-8H2,1-2H3,(H,15,16)/b13-11-. The first-order valence-corrected chi connectivity index (χ1v) is 5.80. The maximum Gasteiger partial charge on any atom is 0.305 e. The largest absolute Gasteiger partial charge is 0.569 e. The van der Waals surface area contributed by atoms with Crippen LogP contribution in [0.25, 0.3) is 0 Å². The Balaban J connectivity index is 3.68. The molecule has 0 aliphatic carbocycles. The number of hydrogen-bond acceptors (Lipinski definition) is 6. The fourth-order valence-corrected chi connectivity index (χ4v) is 1.12. The van der Waals surface area contributed by atoms with Crippen molar-refractivity contribution in [3.05, 3.63) is 5.21 Å². The van der Waals surface area contributed by atoms with Crippen LogP contribution >= 0.6 is 0 Å². The maximum atomic E-state index is 11.3. The molecule has 0 aromatic heterocycles. The molecule has 0 aromatic rings. The van der Waals surface area contributed by atoms with Gasteiger partial charge in [0.05, 0.1) is 18.6 Å². The van der Waals surface area contributed by atoms with Gasteiger partial charge in [-0.05, 0) is 12.8 Å². The number of hydrogen-bond donors (Lipinski definition) is 1. The summed E-state index contributed by atoms with van der Waals surface area (Å²) in [5.41, 5.74) is 0.